The summed E-state index contributed by atoms with van der Waals surface area (Å²) in [4.78, 5) is 37.1. The normalized spacial score (nSPS) is 10.2. The highest BCUT2D eigenvalue weighted by Crippen LogP contribution is 2.33. The molecule has 0 bridgehead atoms. The van der Waals surface area contributed by atoms with Crippen molar-refractivity contribution >= 4 is 17.3 Å². The number of carbonyl (C=O) groups excluding carboxylic acids is 3. The van der Waals surface area contributed by atoms with Crippen LogP contribution in [0.15, 0.2) is 115 Å². The molecule has 0 aromatic heterocycles. The summed E-state index contributed by atoms with van der Waals surface area (Å²) in [5.74, 6) is 1.42. The van der Waals surface area contributed by atoms with Crippen LogP contribution in [0.2, 0.25) is 0 Å². The number of ketones is 3. The summed E-state index contributed by atoms with van der Waals surface area (Å²) in [6.45, 7) is 6.85. The zero-order valence-corrected chi connectivity index (χ0v) is 35.6. The van der Waals surface area contributed by atoms with E-state index >= 15 is 0 Å². The number of methoxy groups -OCH3 is 4. The van der Waals surface area contributed by atoms with Crippen molar-refractivity contribution in [3.8, 4) is 57.5 Å². The fourth-order valence-electron chi connectivity index (χ4n) is 5.77. The van der Waals surface area contributed by atoms with E-state index in [4.69, 9.17) is 28.4 Å². The Morgan fingerprint density at radius 2 is 0.839 bits per heavy atom. The van der Waals surface area contributed by atoms with Crippen LogP contribution in [0.25, 0.3) is 0 Å². The Morgan fingerprint density at radius 1 is 0.435 bits per heavy atom. The molecule has 62 heavy (non-hydrogen) atoms. The van der Waals surface area contributed by atoms with Crippen molar-refractivity contribution in [1.29, 1.82) is 0 Å². The van der Waals surface area contributed by atoms with Crippen LogP contribution in [-0.2, 0) is 0 Å². The smallest absolute Gasteiger partial charge is 0.200 e. The summed E-state index contributed by atoms with van der Waals surface area (Å²) in [5, 5.41) is 39.7. The van der Waals surface area contributed by atoms with Gasteiger partial charge in [-0.15, -0.1) is 0 Å². The van der Waals surface area contributed by atoms with Gasteiger partial charge in [0.1, 0.15) is 46.0 Å². The van der Waals surface area contributed by atoms with Gasteiger partial charge in [-0.05, 0) is 87.0 Å². The predicted octanol–water partition coefficient (Wildman–Crippen LogP) is 9.11. The number of aryl methyl sites for hydroxylation is 1. The van der Waals surface area contributed by atoms with E-state index in [0.717, 1.165) is 12.0 Å². The van der Waals surface area contributed by atoms with Crippen molar-refractivity contribution in [3.05, 3.63) is 154 Å². The van der Waals surface area contributed by atoms with Gasteiger partial charge in [-0.3, -0.25) is 14.4 Å². The van der Waals surface area contributed by atoms with E-state index in [0.29, 0.717) is 58.8 Å². The summed E-state index contributed by atoms with van der Waals surface area (Å²) in [6.07, 6.45) is 0.848. The van der Waals surface area contributed by atoms with Gasteiger partial charge in [0.05, 0.1) is 63.9 Å². The zero-order valence-electron chi connectivity index (χ0n) is 35.6. The second-order valence-electron chi connectivity index (χ2n) is 13.3. The van der Waals surface area contributed by atoms with Crippen LogP contribution in [0.3, 0.4) is 0 Å². The lowest BCUT2D eigenvalue weighted by Crippen LogP contribution is -2.03. The van der Waals surface area contributed by atoms with Crippen molar-refractivity contribution < 1.29 is 63.2 Å². The number of phenolic OH excluding ortho intramolecular Hbond substituents is 4. The molecule has 6 rings (SSSR count). The van der Waals surface area contributed by atoms with Crippen molar-refractivity contribution in [2.75, 3.05) is 41.7 Å². The largest absolute Gasteiger partial charge is 0.507 e. The molecule has 13 heteroatoms. The number of benzene rings is 6. The molecule has 0 atom stereocenters. The van der Waals surface area contributed by atoms with Crippen molar-refractivity contribution in [2.45, 2.75) is 27.2 Å². The Hall–Kier alpha value is -7.67. The molecule has 0 radical (unpaired) electrons. The molecule has 6 aromatic rings. The third-order valence-electron chi connectivity index (χ3n) is 9.07. The molecular weight excluding hydrogens is 797 g/mol. The lowest BCUT2D eigenvalue weighted by molar-refractivity contribution is 0.102. The first kappa shape index (κ1) is 47.0. The Morgan fingerprint density at radius 3 is 1.26 bits per heavy atom. The van der Waals surface area contributed by atoms with E-state index in [1.54, 1.807) is 60.7 Å². The van der Waals surface area contributed by atoms with Crippen molar-refractivity contribution in [1.82, 2.24) is 0 Å². The molecule has 0 unspecified atom stereocenters. The van der Waals surface area contributed by atoms with E-state index in [1.165, 1.54) is 70.9 Å². The maximum absolute atomic E-state index is 12.4. The fourth-order valence-corrected chi connectivity index (χ4v) is 5.77. The average molecular weight is 847 g/mol. The summed E-state index contributed by atoms with van der Waals surface area (Å²) in [5.41, 5.74) is 2.73. The lowest BCUT2D eigenvalue weighted by Gasteiger charge is -2.10. The first-order valence-corrected chi connectivity index (χ1v) is 19.4. The Balaban J connectivity index is 0.000000205. The maximum Gasteiger partial charge on any atom is 0.200 e. The van der Waals surface area contributed by atoms with Crippen LogP contribution >= 0.6 is 0 Å². The number of carbonyl (C=O) groups is 3. The molecule has 0 aliphatic carbocycles. The second kappa shape index (κ2) is 22.6. The number of aromatic hydroxyl groups is 4. The Labute approximate surface area is 360 Å². The minimum Gasteiger partial charge on any atom is -0.507 e. The monoisotopic (exact) mass is 846 g/mol. The van der Waals surface area contributed by atoms with Crippen LogP contribution in [-0.4, -0.2) is 79.4 Å². The van der Waals surface area contributed by atoms with E-state index in [-0.39, 0.29) is 56.8 Å². The molecular formula is C49H50O13. The summed E-state index contributed by atoms with van der Waals surface area (Å²) in [7, 11) is 5.98. The van der Waals surface area contributed by atoms with Gasteiger partial charge in [0.2, 0.25) is 0 Å². The van der Waals surface area contributed by atoms with Crippen LogP contribution < -0.4 is 28.4 Å². The third kappa shape index (κ3) is 12.2. The highest BCUT2D eigenvalue weighted by Gasteiger charge is 2.19. The molecule has 0 saturated heterocycles. The Kier molecular flexibility index (Phi) is 17.2. The highest BCUT2D eigenvalue weighted by atomic mass is 16.5. The molecule has 0 aliphatic heterocycles. The van der Waals surface area contributed by atoms with Gasteiger partial charge < -0.3 is 48.8 Å². The zero-order chi connectivity index (χ0) is 45.3. The van der Waals surface area contributed by atoms with Gasteiger partial charge in [-0.2, -0.15) is 0 Å². The van der Waals surface area contributed by atoms with Gasteiger partial charge >= 0.3 is 0 Å². The molecule has 4 N–H and O–H groups in total. The third-order valence-corrected chi connectivity index (χ3v) is 9.07. The molecule has 324 valence electrons. The molecule has 0 aliphatic rings. The van der Waals surface area contributed by atoms with Gasteiger partial charge in [-0.1, -0.05) is 36.8 Å². The second-order valence-corrected chi connectivity index (χ2v) is 13.3. The number of rotatable bonds is 15. The van der Waals surface area contributed by atoms with Crippen LogP contribution in [0.4, 0.5) is 0 Å². The van der Waals surface area contributed by atoms with Gasteiger partial charge in [0, 0.05) is 35.4 Å². The summed E-state index contributed by atoms with van der Waals surface area (Å²) in [6, 6.07) is 30.2. The molecule has 0 spiro atoms. The van der Waals surface area contributed by atoms with Crippen molar-refractivity contribution in [3.63, 3.8) is 0 Å². The first-order valence-electron chi connectivity index (χ1n) is 19.4. The lowest BCUT2D eigenvalue weighted by atomic mass is 10.0. The molecule has 0 fully saturated rings. The van der Waals surface area contributed by atoms with E-state index in [9.17, 15) is 34.8 Å². The van der Waals surface area contributed by atoms with Crippen LogP contribution in [0.1, 0.15) is 73.6 Å². The molecule has 6 aromatic carbocycles. The topological polar surface area (TPSA) is 188 Å². The van der Waals surface area contributed by atoms with Gasteiger partial charge in [-0.25, -0.2) is 0 Å². The van der Waals surface area contributed by atoms with Gasteiger partial charge in [0.15, 0.2) is 28.8 Å². The first-order chi connectivity index (χ1) is 29.8. The number of hydrogen-bond acceptors (Lipinski definition) is 13. The minimum absolute atomic E-state index is 0.0588. The van der Waals surface area contributed by atoms with E-state index in [1.807, 2.05) is 32.9 Å². The van der Waals surface area contributed by atoms with E-state index in [2.05, 4.69) is 0 Å². The Bertz CT molecular complexity index is 2470. The standard InChI is InChI=1S/C17H18O5.C16H16O5.C16H16O3/c1-3-8-22-12-5-7-14(16(19)10-12)17(20)13-6-4-11(21-2)9-15(13)18;1-19-11-5-6-12(13(17)9-11)16(18)10-4-7-14(20-2)15(8-10)21-3;1-3-19-13-8-9-14(15(17)10-13)16(18)12-6-4-11(2)5-7-12/h4-7,9-10,18-19H,3,8H2,1-2H3;4-9,17H,1-3H3;4-10,17H,3H2,1-2H3. The molecule has 0 saturated carbocycles. The summed E-state index contributed by atoms with van der Waals surface area (Å²) < 4.78 is 30.9. The minimum atomic E-state index is -0.473. The fraction of sp³-hybridized carbons (Fsp3) is 0.204. The quantitative estimate of drug-likeness (QED) is 0.0718. The SMILES string of the molecule is CCCOc1ccc(C(=O)c2ccc(OC)cc2O)c(O)c1.CCOc1ccc(C(=O)c2ccc(C)cc2)c(O)c1.COc1ccc(C(=O)c2ccc(OC)c(OC)c2)c(O)c1. The van der Waals surface area contributed by atoms with Gasteiger partial charge in [0.25, 0.3) is 0 Å². The highest BCUT2D eigenvalue weighted by molar-refractivity contribution is 6.13. The number of phenols is 4. The number of ether oxygens (including phenoxy) is 6. The predicted molar refractivity (Wildman–Crippen MR) is 234 cm³/mol. The maximum atomic E-state index is 12.4. The number of hydrogen-bond donors (Lipinski definition) is 4. The van der Waals surface area contributed by atoms with Crippen LogP contribution in [0.5, 0.6) is 57.5 Å². The van der Waals surface area contributed by atoms with E-state index < -0.39 is 5.78 Å². The molecule has 13 nitrogen and oxygen atoms in total. The summed E-state index contributed by atoms with van der Waals surface area (Å²) >= 11 is 0. The average Bonchev–Trinajstić information content (AvgIpc) is 3.28. The molecule has 0 amide bonds. The molecule has 0 heterocycles. The van der Waals surface area contributed by atoms with Crippen LogP contribution in [0, 0.1) is 6.92 Å². The van der Waals surface area contributed by atoms with Crippen molar-refractivity contribution in [2.24, 2.45) is 0 Å².